The summed E-state index contributed by atoms with van der Waals surface area (Å²) in [6.07, 6.45) is 0. The van der Waals surface area contributed by atoms with Gasteiger partial charge in [-0.3, -0.25) is 0 Å². The molecule has 1 aliphatic rings. The van der Waals surface area contributed by atoms with E-state index in [-0.39, 0.29) is 22.8 Å². The number of amides is 2. The molecule has 29 heavy (non-hydrogen) atoms. The van der Waals surface area contributed by atoms with Gasteiger partial charge >= 0.3 is 6.03 Å². The van der Waals surface area contributed by atoms with Crippen molar-refractivity contribution in [1.82, 2.24) is 14.9 Å². The average molecular weight is 440 g/mol. The van der Waals surface area contributed by atoms with Crippen LogP contribution in [0.3, 0.4) is 0 Å². The van der Waals surface area contributed by atoms with Crippen LogP contribution in [-0.4, -0.2) is 52.2 Å². The van der Waals surface area contributed by atoms with E-state index >= 15 is 0 Å². The number of sulfonamides is 1. The maximum absolute atomic E-state index is 12.7. The molecule has 0 radical (unpaired) electrons. The Bertz CT molecular complexity index is 939. The molecule has 2 heterocycles. The molecule has 158 valence electrons. The van der Waals surface area contributed by atoms with Crippen molar-refractivity contribution in [3.8, 4) is 5.75 Å². The highest BCUT2D eigenvalue weighted by atomic mass is 32.2. The van der Waals surface area contributed by atoms with Gasteiger partial charge in [0.2, 0.25) is 0 Å². The first kappa shape index (κ1) is 21.6. The lowest BCUT2D eigenvalue weighted by molar-refractivity contribution is 0.0731. The SMILES string of the molecule is COc1ccccc1[C@H](C)NC(=O)NCc1ccc(S(=O)(=O)N2CCOCC2)s1. The number of para-hydroxylation sites is 1. The number of carbonyl (C=O) groups excluding carboxylic acids is 1. The zero-order valence-corrected chi connectivity index (χ0v) is 18.0. The highest BCUT2D eigenvalue weighted by molar-refractivity contribution is 7.91. The van der Waals surface area contributed by atoms with Crippen LogP contribution in [0.1, 0.15) is 23.4 Å². The van der Waals surface area contributed by atoms with Gasteiger partial charge in [0, 0.05) is 23.5 Å². The molecular formula is C19H25N3O5S2. The van der Waals surface area contributed by atoms with E-state index in [2.05, 4.69) is 10.6 Å². The summed E-state index contributed by atoms with van der Waals surface area (Å²) in [5.74, 6) is 0.705. The van der Waals surface area contributed by atoms with Crippen LogP contribution in [0.15, 0.2) is 40.6 Å². The van der Waals surface area contributed by atoms with Gasteiger partial charge < -0.3 is 20.1 Å². The van der Waals surface area contributed by atoms with Gasteiger partial charge in [0.15, 0.2) is 0 Å². The largest absolute Gasteiger partial charge is 0.496 e. The van der Waals surface area contributed by atoms with Gasteiger partial charge in [-0.2, -0.15) is 4.31 Å². The van der Waals surface area contributed by atoms with Gasteiger partial charge in [-0.1, -0.05) is 18.2 Å². The molecule has 1 aromatic heterocycles. The van der Waals surface area contributed by atoms with Gasteiger partial charge in [0.1, 0.15) is 9.96 Å². The number of ether oxygens (including phenoxy) is 2. The molecule has 0 saturated carbocycles. The third-order valence-electron chi connectivity index (χ3n) is 4.58. The average Bonchev–Trinajstić information content (AvgIpc) is 3.23. The van der Waals surface area contributed by atoms with Crippen molar-refractivity contribution in [1.29, 1.82) is 0 Å². The predicted octanol–water partition coefficient (Wildman–Crippen LogP) is 2.34. The van der Waals surface area contributed by atoms with Gasteiger partial charge in [-0.05, 0) is 25.1 Å². The summed E-state index contributed by atoms with van der Waals surface area (Å²) >= 11 is 1.16. The molecule has 8 nitrogen and oxygen atoms in total. The number of nitrogens with one attached hydrogen (secondary N) is 2. The number of hydrogen-bond acceptors (Lipinski definition) is 6. The monoisotopic (exact) mass is 439 g/mol. The van der Waals surface area contributed by atoms with E-state index in [9.17, 15) is 13.2 Å². The van der Waals surface area contributed by atoms with Crippen LogP contribution in [0.4, 0.5) is 4.79 Å². The molecule has 10 heteroatoms. The van der Waals surface area contributed by atoms with Crippen molar-refractivity contribution in [3.63, 3.8) is 0 Å². The van der Waals surface area contributed by atoms with Crippen molar-refractivity contribution in [2.24, 2.45) is 0 Å². The fraction of sp³-hybridized carbons (Fsp3) is 0.421. The smallest absolute Gasteiger partial charge is 0.315 e. The molecule has 1 aliphatic heterocycles. The Labute approximate surface area is 174 Å². The van der Waals surface area contributed by atoms with Crippen molar-refractivity contribution >= 4 is 27.4 Å². The zero-order chi connectivity index (χ0) is 20.9. The van der Waals surface area contributed by atoms with E-state index in [0.29, 0.717) is 32.1 Å². The van der Waals surface area contributed by atoms with Crippen LogP contribution in [0.5, 0.6) is 5.75 Å². The molecule has 1 saturated heterocycles. The first-order valence-corrected chi connectivity index (χ1v) is 11.5. The Morgan fingerprint density at radius 2 is 1.97 bits per heavy atom. The predicted molar refractivity (Wildman–Crippen MR) is 111 cm³/mol. The van der Waals surface area contributed by atoms with Crippen molar-refractivity contribution < 1.29 is 22.7 Å². The Hall–Kier alpha value is -2.14. The molecule has 2 aromatic rings. The summed E-state index contributed by atoms with van der Waals surface area (Å²) in [6, 6.07) is 10.2. The lowest BCUT2D eigenvalue weighted by atomic mass is 10.1. The third kappa shape index (κ3) is 5.27. The number of nitrogens with zero attached hydrogens (tertiary/aromatic N) is 1. The molecule has 2 amide bonds. The number of morpholine rings is 1. The Morgan fingerprint density at radius 1 is 1.24 bits per heavy atom. The highest BCUT2D eigenvalue weighted by Crippen LogP contribution is 2.26. The lowest BCUT2D eigenvalue weighted by Gasteiger charge is -2.25. The minimum Gasteiger partial charge on any atom is -0.496 e. The van der Waals surface area contributed by atoms with E-state index in [1.54, 1.807) is 19.2 Å². The molecular weight excluding hydrogens is 414 g/mol. The summed E-state index contributed by atoms with van der Waals surface area (Å²) in [5, 5.41) is 5.64. The fourth-order valence-electron chi connectivity index (χ4n) is 3.02. The number of hydrogen-bond donors (Lipinski definition) is 2. The summed E-state index contributed by atoms with van der Waals surface area (Å²) in [7, 11) is -1.92. The molecule has 1 atom stereocenters. The second-order valence-corrected chi connectivity index (χ2v) is 9.86. The van der Waals surface area contributed by atoms with Gasteiger partial charge in [-0.15, -0.1) is 11.3 Å². The second kappa shape index (κ2) is 9.57. The minimum absolute atomic E-state index is 0.244. The third-order valence-corrected chi connectivity index (χ3v) is 8.03. The van der Waals surface area contributed by atoms with Crippen molar-refractivity contribution in [3.05, 3.63) is 46.8 Å². The normalized spacial score (nSPS) is 16.2. The Morgan fingerprint density at radius 3 is 2.69 bits per heavy atom. The van der Waals surface area contributed by atoms with Crippen molar-refractivity contribution in [2.75, 3.05) is 33.4 Å². The Balaban J connectivity index is 1.56. The van der Waals surface area contributed by atoms with E-state index in [4.69, 9.17) is 9.47 Å². The van der Waals surface area contributed by atoms with Crippen LogP contribution in [0.2, 0.25) is 0 Å². The first-order chi connectivity index (χ1) is 13.9. The quantitative estimate of drug-likeness (QED) is 0.690. The summed E-state index contributed by atoms with van der Waals surface area (Å²) in [6.45, 7) is 3.64. The molecule has 3 rings (SSSR count). The van der Waals surface area contributed by atoms with Crippen LogP contribution in [0.25, 0.3) is 0 Å². The number of thiophene rings is 1. The zero-order valence-electron chi connectivity index (χ0n) is 16.4. The summed E-state index contributed by atoms with van der Waals surface area (Å²) < 4.78 is 37.6. The van der Waals surface area contributed by atoms with E-state index in [0.717, 1.165) is 21.8 Å². The molecule has 2 N–H and O–H groups in total. The van der Waals surface area contributed by atoms with Gasteiger partial charge in [0.25, 0.3) is 10.0 Å². The van der Waals surface area contributed by atoms with Crippen LogP contribution >= 0.6 is 11.3 Å². The highest BCUT2D eigenvalue weighted by Gasteiger charge is 2.27. The number of urea groups is 1. The number of benzene rings is 1. The Kier molecular flexibility index (Phi) is 7.12. The summed E-state index contributed by atoms with van der Waals surface area (Å²) in [4.78, 5) is 13.0. The molecule has 0 aliphatic carbocycles. The molecule has 0 bridgehead atoms. The van der Waals surface area contributed by atoms with Crippen LogP contribution in [0, 0.1) is 0 Å². The van der Waals surface area contributed by atoms with E-state index in [1.165, 1.54) is 4.31 Å². The molecule has 1 fully saturated rings. The maximum atomic E-state index is 12.7. The van der Waals surface area contributed by atoms with E-state index < -0.39 is 10.0 Å². The standard InChI is InChI=1S/C19H25N3O5S2/c1-14(16-5-3-4-6-17(16)26-2)21-19(23)20-13-15-7-8-18(28-15)29(24,25)22-9-11-27-12-10-22/h3-8,14H,9-13H2,1-2H3,(H2,20,21,23)/t14-/m0/s1. The molecule has 0 unspecified atom stereocenters. The van der Waals surface area contributed by atoms with Gasteiger partial charge in [0.05, 0.1) is 32.9 Å². The molecule has 1 aromatic carbocycles. The maximum Gasteiger partial charge on any atom is 0.315 e. The number of rotatable bonds is 7. The van der Waals surface area contributed by atoms with E-state index in [1.807, 2.05) is 31.2 Å². The number of carbonyl (C=O) groups is 1. The first-order valence-electron chi connectivity index (χ1n) is 9.25. The topological polar surface area (TPSA) is 97.0 Å². The van der Waals surface area contributed by atoms with Crippen LogP contribution in [-0.2, 0) is 21.3 Å². The second-order valence-electron chi connectivity index (χ2n) is 6.53. The lowest BCUT2D eigenvalue weighted by Crippen LogP contribution is -2.40. The number of methoxy groups -OCH3 is 1. The summed E-state index contributed by atoms with van der Waals surface area (Å²) in [5.41, 5.74) is 0.875. The van der Waals surface area contributed by atoms with Crippen LogP contribution < -0.4 is 15.4 Å². The molecule has 0 spiro atoms. The minimum atomic E-state index is -3.51. The van der Waals surface area contributed by atoms with Crippen molar-refractivity contribution in [2.45, 2.75) is 23.7 Å². The van der Waals surface area contributed by atoms with Gasteiger partial charge in [-0.25, -0.2) is 13.2 Å². The fourth-order valence-corrected chi connectivity index (χ4v) is 5.88.